The van der Waals surface area contributed by atoms with Gasteiger partial charge in [-0.15, -0.1) is 11.3 Å². The summed E-state index contributed by atoms with van der Waals surface area (Å²) >= 11 is 1.15. The van der Waals surface area contributed by atoms with Crippen molar-refractivity contribution in [3.05, 3.63) is 76.7 Å². The molecular formula is C21H18N2O3S. The summed E-state index contributed by atoms with van der Waals surface area (Å²) < 4.78 is 0. The Kier molecular flexibility index (Phi) is 4.64. The molecule has 1 heterocycles. The molecule has 5 nitrogen and oxygen atoms in total. The minimum Gasteiger partial charge on any atom is -0.477 e. The van der Waals surface area contributed by atoms with Crippen LogP contribution in [-0.2, 0) is 6.42 Å². The molecule has 27 heavy (non-hydrogen) atoms. The van der Waals surface area contributed by atoms with Gasteiger partial charge in [-0.2, -0.15) is 0 Å². The summed E-state index contributed by atoms with van der Waals surface area (Å²) in [5, 5.41) is 15.2. The van der Waals surface area contributed by atoms with E-state index < -0.39 is 12.0 Å². The number of carboxylic acids is 1. The Bertz CT molecular complexity index is 998. The molecule has 0 saturated carbocycles. The van der Waals surface area contributed by atoms with E-state index in [-0.39, 0.29) is 10.9 Å². The molecule has 3 N–H and O–H groups in total. The van der Waals surface area contributed by atoms with E-state index in [1.54, 1.807) is 6.07 Å². The number of urea groups is 1. The SMILES string of the molecule is O=C(Nc1cc(-c2ccccc2)sc1C(=O)O)NC1CCc2ccccc21. The average molecular weight is 378 g/mol. The third kappa shape index (κ3) is 3.57. The van der Waals surface area contributed by atoms with Gasteiger partial charge in [-0.05, 0) is 35.6 Å². The molecule has 2 aromatic carbocycles. The molecule has 6 heteroatoms. The first-order valence-electron chi connectivity index (χ1n) is 8.69. The number of aryl methyl sites for hydroxylation is 1. The first-order chi connectivity index (χ1) is 13.1. The van der Waals surface area contributed by atoms with Crippen molar-refractivity contribution in [1.82, 2.24) is 5.32 Å². The zero-order valence-electron chi connectivity index (χ0n) is 14.4. The van der Waals surface area contributed by atoms with E-state index in [2.05, 4.69) is 16.7 Å². The number of fused-ring (bicyclic) bond motifs is 1. The van der Waals surface area contributed by atoms with Crippen LogP contribution in [0.25, 0.3) is 10.4 Å². The van der Waals surface area contributed by atoms with Crippen LogP contribution in [0.5, 0.6) is 0 Å². The van der Waals surface area contributed by atoms with Gasteiger partial charge < -0.3 is 15.7 Å². The van der Waals surface area contributed by atoms with Crippen LogP contribution < -0.4 is 10.6 Å². The second-order valence-corrected chi connectivity index (χ2v) is 7.47. The largest absolute Gasteiger partial charge is 0.477 e. The summed E-state index contributed by atoms with van der Waals surface area (Å²) in [6.45, 7) is 0. The number of hydrogen-bond acceptors (Lipinski definition) is 3. The molecule has 1 aliphatic rings. The molecule has 0 radical (unpaired) electrons. The predicted octanol–water partition coefficient (Wildman–Crippen LogP) is 4.92. The van der Waals surface area contributed by atoms with Gasteiger partial charge in [0.25, 0.3) is 0 Å². The van der Waals surface area contributed by atoms with E-state index in [0.29, 0.717) is 5.69 Å². The van der Waals surface area contributed by atoms with Gasteiger partial charge in [0, 0.05) is 4.88 Å². The Morgan fingerprint density at radius 3 is 2.56 bits per heavy atom. The quantitative estimate of drug-likeness (QED) is 0.603. The molecule has 1 atom stereocenters. The van der Waals surface area contributed by atoms with Gasteiger partial charge in [0.15, 0.2) is 0 Å². The number of hydrogen-bond donors (Lipinski definition) is 3. The second-order valence-electron chi connectivity index (χ2n) is 6.41. The fourth-order valence-electron chi connectivity index (χ4n) is 3.41. The molecule has 1 aliphatic carbocycles. The topological polar surface area (TPSA) is 78.4 Å². The van der Waals surface area contributed by atoms with Crippen LogP contribution in [0.15, 0.2) is 60.7 Å². The maximum atomic E-state index is 12.5. The van der Waals surface area contributed by atoms with Crippen LogP contribution in [0.4, 0.5) is 10.5 Å². The van der Waals surface area contributed by atoms with Crippen molar-refractivity contribution in [3.8, 4) is 10.4 Å². The first-order valence-corrected chi connectivity index (χ1v) is 9.51. The van der Waals surface area contributed by atoms with Crippen LogP contribution in [0.2, 0.25) is 0 Å². The van der Waals surface area contributed by atoms with Gasteiger partial charge in [-0.1, -0.05) is 54.6 Å². The normalized spacial score (nSPS) is 15.2. The summed E-state index contributed by atoms with van der Waals surface area (Å²) in [7, 11) is 0. The molecule has 3 aromatic rings. The molecule has 2 amide bonds. The maximum Gasteiger partial charge on any atom is 0.348 e. The number of thiophene rings is 1. The fourth-order valence-corrected chi connectivity index (χ4v) is 4.37. The summed E-state index contributed by atoms with van der Waals surface area (Å²) in [5.74, 6) is -1.05. The first kappa shape index (κ1) is 17.3. The van der Waals surface area contributed by atoms with Crippen LogP contribution in [0.1, 0.15) is 33.3 Å². The second kappa shape index (κ2) is 7.25. The zero-order valence-corrected chi connectivity index (χ0v) is 15.3. The monoisotopic (exact) mass is 378 g/mol. The third-order valence-electron chi connectivity index (χ3n) is 4.67. The van der Waals surface area contributed by atoms with Gasteiger partial charge >= 0.3 is 12.0 Å². The van der Waals surface area contributed by atoms with Crippen molar-refractivity contribution in [1.29, 1.82) is 0 Å². The average Bonchev–Trinajstić information content (AvgIpc) is 3.27. The Morgan fingerprint density at radius 2 is 1.78 bits per heavy atom. The Hall–Kier alpha value is -3.12. The summed E-state index contributed by atoms with van der Waals surface area (Å²) in [6, 6.07) is 18.8. The van der Waals surface area contributed by atoms with E-state index in [4.69, 9.17) is 0 Å². The number of amides is 2. The highest BCUT2D eigenvalue weighted by Gasteiger charge is 2.24. The van der Waals surface area contributed by atoms with Gasteiger partial charge in [0.05, 0.1) is 11.7 Å². The van der Waals surface area contributed by atoms with Crippen molar-refractivity contribution in [2.24, 2.45) is 0 Å². The maximum absolute atomic E-state index is 12.5. The highest BCUT2D eigenvalue weighted by atomic mass is 32.1. The van der Waals surface area contributed by atoms with E-state index in [1.165, 1.54) is 5.56 Å². The highest BCUT2D eigenvalue weighted by Crippen LogP contribution is 2.35. The Labute approximate surface area is 160 Å². The number of rotatable bonds is 4. The van der Waals surface area contributed by atoms with Gasteiger partial charge in [-0.25, -0.2) is 9.59 Å². The Morgan fingerprint density at radius 1 is 1.04 bits per heavy atom. The lowest BCUT2D eigenvalue weighted by Crippen LogP contribution is -2.31. The highest BCUT2D eigenvalue weighted by molar-refractivity contribution is 7.18. The third-order valence-corrected chi connectivity index (χ3v) is 5.84. The molecule has 136 valence electrons. The lowest BCUT2D eigenvalue weighted by atomic mass is 10.1. The molecule has 0 saturated heterocycles. The zero-order chi connectivity index (χ0) is 18.8. The van der Waals surface area contributed by atoms with E-state index in [9.17, 15) is 14.7 Å². The summed E-state index contributed by atoms with van der Waals surface area (Å²) in [6.07, 6.45) is 1.77. The lowest BCUT2D eigenvalue weighted by Gasteiger charge is -2.14. The van der Waals surface area contributed by atoms with E-state index in [0.717, 1.165) is 40.2 Å². The van der Waals surface area contributed by atoms with Crippen molar-refractivity contribution >= 4 is 29.0 Å². The van der Waals surface area contributed by atoms with Crippen molar-refractivity contribution in [2.45, 2.75) is 18.9 Å². The minimum absolute atomic E-state index is 0.0540. The molecular weight excluding hydrogens is 360 g/mol. The molecule has 1 aromatic heterocycles. The van der Waals surface area contributed by atoms with Crippen molar-refractivity contribution < 1.29 is 14.7 Å². The van der Waals surface area contributed by atoms with Gasteiger partial charge in [0.1, 0.15) is 4.88 Å². The van der Waals surface area contributed by atoms with Crippen molar-refractivity contribution in [3.63, 3.8) is 0 Å². The minimum atomic E-state index is -1.05. The number of carbonyl (C=O) groups excluding carboxylic acids is 1. The summed E-state index contributed by atoms with van der Waals surface area (Å²) in [5.41, 5.74) is 3.61. The molecule has 0 aliphatic heterocycles. The van der Waals surface area contributed by atoms with Gasteiger partial charge in [0.2, 0.25) is 0 Å². The number of anilines is 1. The lowest BCUT2D eigenvalue weighted by molar-refractivity contribution is 0.0703. The van der Waals surface area contributed by atoms with E-state index in [1.807, 2.05) is 48.5 Å². The van der Waals surface area contributed by atoms with Crippen LogP contribution in [0, 0.1) is 0 Å². The van der Waals surface area contributed by atoms with E-state index >= 15 is 0 Å². The molecule has 0 spiro atoms. The standard InChI is InChI=1S/C21H18N2O3S/c24-20(25)19-17(12-18(27-19)14-7-2-1-3-8-14)23-21(26)22-16-11-10-13-6-4-5-9-15(13)16/h1-9,12,16H,10-11H2,(H,24,25)(H2,22,23,26). The van der Waals surface area contributed by atoms with Gasteiger partial charge in [-0.3, -0.25) is 0 Å². The van der Waals surface area contributed by atoms with Crippen LogP contribution in [0.3, 0.4) is 0 Å². The predicted molar refractivity (Wildman–Crippen MR) is 106 cm³/mol. The van der Waals surface area contributed by atoms with Crippen LogP contribution >= 0.6 is 11.3 Å². The molecule has 1 unspecified atom stereocenters. The fraction of sp³-hybridized carbons (Fsp3) is 0.143. The molecule has 0 fully saturated rings. The number of carbonyl (C=O) groups is 2. The van der Waals surface area contributed by atoms with Crippen LogP contribution in [-0.4, -0.2) is 17.1 Å². The number of aromatic carboxylic acids is 1. The molecule has 0 bridgehead atoms. The smallest absolute Gasteiger partial charge is 0.348 e. The molecule has 4 rings (SSSR count). The number of carboxylic acid groups (broad SMARTS) is 1. The number of nitrogens with one attached hydrogen (secondary N) is 2. The summed E-state index contributed by atoms with van der Waals surface area (Å²) in [4.78, 5) is 25.0. The van der Waals surface area contributed by atoms with Crippen molar-refractivity contribution in [2.75, 3.05) is 5.32 Å². The number of benzene rings is 2. The Balaban J connectivity index is 1.53.